The van der Waals surface area contributed by atoms with Gasteiger partial charge in [-0.2, -0.15) is 4.31 Å². The fraction of sp³-hybridized carbons (Fsp3) is 0.393. The first-order chi connectivity index (χ1) is 18.3. The molecular formula is C28H34FN3O5S. The van der Waals surface area contributed by atoms with E-state index in [1.165, 1.54) is 16.4 Å². The molecule has 0 bridgehead atoms. The molecule has 0 atom stereocenters. The number of carbonyl (C=O) groups is 1. The van der Waals surface area contributed by atoms with E-state index < -0.39 is 15.8 Å². The minimum atomic E-state index is -4.04. The predicted molar refractivity (Wildman–Crippen MR) is 141 cm³/mol. The minimum Gasteiger partial charge on any atom is -0.464 e. The van der Waals surface area contributed by atoms with E-state index in [4.69, 9.17) is 9.15 Å². The molecule has 0 saturated carbocycles. The van der Waals surface area contributed by atoms with Crippen molar-refractivity contribution in [1.29, 1.82) is 0 Å². The van der Waals surface area contributed by atoms with E-state index in [0.717, 1.165) is 36.5 Å². The van der Waals surface area contributed by atoms with Gasteiger partial charge in [0.1, 0.15) is 17.3 Å². The lowest BCUT2D eigenvalue weighted by atomic mass is 10.2. The Morgan fingerprint density at radius 1 is 0.974 bits per heavy atom. The second-order valence-electron chi connectivity index (χ2n) is 9.35. The van der Waals surface area contributed by atoms with E-state index in [-0.39, 0.29) is 30.4 Å². The van der Waals surface area contributed by atoms with Crippen LogP contribution in [0, 0.1) is 12.7 Å². The molecule has 38 heavy (non-hydrogen) atoms. The number of carbonyl (C=O) groups excluding carboxylic acids is 1. The Hall–Kier alpha value is -3.05. The maximum absolute atomic E-state index is 13.7. The van der Waals surface area contributed by atoms with Crippen LogP contribution in [-0.4, -0.2) is 74.4 Å². The Kier molecular flexibility index (Phi) is 9.68. The largest absolute Gasteiger partial charge is 0.464 e. The van der Waals surface area contributed by atoms with Crippen molar-refractivity contribution >= 4 is 15.9 Å². The first-order valence-corrected chi connectivity index (χ1v) is 14.2. The number of amides is 1. The van der Waals surface area contributed by atoms with Crippen molar-refractivity contribution in [3.8, 4) is 0 Å². The maximum Gasteiger partial charge on any atom is 0.243 e. The molecule has 1 amide bonds. The summed E-state index contributed by atoms with van der Waals surface area (Å²) in [6.07, 6.45) is 0.545. The van der Waals surface area contributed by atoms with Crippen LogP contribution in [0.25, 0.3) is 0 Å². The normalized spacial score (nSPS) is 14.6. The van der Waals surface area contributed by atoms with Crippen molar-refractivity contribution in [2.45, 2.75) is 31.3 Å². The van der Waals surface area contributed by atoms with Gasteiger partial charge in [-0.05, 0) is 61.9 Å². The van der Waals surface area contributed by atoms with Crippen LogP contribution in [0.4, 0.5) is 4.39 Å². The number of halogens is 1. The monoisotopic (exact) mass is 543 g/mol. The van der Waals surface area contributed by atoms with E-state index in [2.05, 4.69) is 4.90 Å². The summed E-state index contributed by atoms with van der Waals surface area (Å²) < 4.78 is 53.0. The van der Waals surface area contributed by atoms with E-state index >= 15 is 0 Å². The molecular weight excluding hydrogens is 509 g/mol. The third-order valence-electron chi connectivity index (χ3n) is 6.46. The van der Waals surface area contributed by atoms with Gasteiger partial charge in [0.25, 0.3) is 0 Å². The summed E-state index contributed by atoms with van der Waals surface area (Å²) >= 11 is 0. The highest BCUT2D eigenvalue weighted by atomic mass is 32.2. The first-order valence-electron chi connectivity index (χ1n) is 12.7. The molecule has 0 radical (unpaired) electrons. The number of nitrogens with zero attached hydrogens (tertiary/aromatic N) is 3. The molecule has 0 aliphatic carbocycles. The number of aryl methyl sites for hydroxylation is 1. The predicted octanol–water partition coefficient (Wildman–Crippen LogP) is 3.67. The van der Waals surface area contributed by atoms with Crippen LogP contribution in [0.3, 0.4) is 0 Å². The molecule has 8 nitrogen and oxygen atoms in total. The number of rotatable bonds is 12. The van der Waals surface area contributed by atoms with Gasteiger partial charge in [-0.3, -0.25) is 9.69 Å². The third kappa shape index (κ3) is 7.73. The maximum atomic E-state index is 13.7. The Labute approximate surface area is 223 Å². The summed E-state index contributed by atoms with van der Waals surface area (Å²) in [6, 6.07) is 17.9. The molecule has 204 valence electrons. The number of hydrogen-bond donors (Lipinski definition) is 0. The topological polar surface area (TPSA) is 83.3 Å². The second-order valence-corrected chi connectivity index (χ2v) is 11.3. The van der Waals surface area contributed by atoms with Gasteiger partial charge in [-0.25, -0.2) is 12.8 Å². The number of morpholine rings is 1. The quantitative estimate of drug-likeness (QED) is 0.347. The number of sulfonamides is 1. The number of ether oxygens (including phenoxy) is 1. The number of hydrogen-bond acceptors (Lipinski definition) is 6. The standard InChI is InChI=1S/C28H34FN3O5S/c1-23-8-11-26(37-23)21-31(20-24-6-3-2-4-7-24)28(33)22-32(15-5-14-30-16-18-36-19-17-30)38(34,35)27-12-9-25(29)10-13-27/h2-4,6-13H,5,14-22H2,1H3. The lowest BCUT2D eigenvalue weighted by Crippen LogP contribution is -2.44. The Balaban J connectivity index is 1.54. The molecule has 1 aliphatic heterocycles. The molecule has 0 N–H and O–H groups in total. The fourth-order valence-corrected chi connectivity index (χ4v) is 5.81. The van der Waals surface area contributed by atoms with Gasteiger partial charge < -0.3 is 14.1 Å². The molecule has 4 rings (SSSR count). The third-order valence-corrected chi connectivity index (χ3v) is 8.32. The van der Waals surface area contributed by atoms with E-state index in [1.54, 1.807) is 4.90 Å². The molecule has 1 aliphatic rings. The Bertz CT molecular complexity index is 1280. The summed E-state index contributed by atoms with van der Waals surface area (Å²) in [5, 5.41) is 0. The van der Waals surface area contributed by atoms with Crippen molar-refractivity contribution in [2.24, 2.45) is 0 Å². The smallest absolute Gasteiger partial charge is 0.243 e. The van der Waals surface area contributed by atoms with Gasteiger partial charge in [0.05, 0.1) is 31.2 Å². The lowest BCUT2D eigenvalue weighted by Gasteiger charge is -2.29. The van der Waals surface area contributed by atoms with Crippen LogP contribution >= 0.6 is 0 Å². The summed E-state index contributed by atoms with van der Waals surface area (Å²) in [6.45, 7) is 5.72. The summed E-state index contributed by atoms with van der Waals surface area (Å²) in [4.78, 5) is 17.4. The van der Waals surface area contributed by atoms with Crippen molar-refractivity contribution in [3.63, 3.8) is 0 Å². The van der Waals surface area contributed by atoms with Crippen LogP contribution in [0.5, 0.6) is 0 Å². The van der Waals surface area contributed by atoms with Gasteiger partial charge in [0.15, 0.2) is 0 Å². The van der Waals surface area contributed by atoms with Crippen molar-refractivity contribution in [3.05, 3.63) is 89.6 Å². The second kappa shape index (κ2) is 13.1. The van der Waals surface area contributed by atoms with Crippen LogP contribution in [0.1, 0.15) is 23.5 Å². The number of furan rings is 1. The van der Waals surface area contributed by atoms with Gasteiger partial charge >= 0.3 is 0 Å². The molecule has 2 aromatic carbocycles. The SMILES string of the molecule is Cc1ccc(CN(Cc2ccccc2)C(=O)CN(CCCN2CCOCC2)S(=O)(=O)c2ccc(F)cc2)o1. The first kappa shape index (κ1) is 28.0. The highest BCUT2D eigenvalue weighted by Gasteiger charge is 2.29. The van der Waals surface area contributed by atoms with E-state index in [0.29, 0.717) is 38.5 Å². The molecule has 1 saturated heterocycles. The Morgan fingerprint density at radius 2 is 1.68 bits per heavy atom. The summed E-state index contributed by atoms with van der Waals surface area (Å²) in [5.41, 5.74) is 0.921. The Morgan fingerprint density at radius 3 is 2.34 bits per heavy atom. The van der Waals surface area contributed by atoms with Crippen molar-refractivity contribution in [2.75, 3.05) is 45.9 Å². The zero-order valence-electron chi connectivity index (χ0n) is 21.6. The molecule has 1 aromatic heterocycles. The van der Waals surface area contributed by atoms with Gasteiger partial charge in [-0.1, -0.05) is 30.3 Å². The van der Waals surface area contributed by atoms with Crippen molar-refractivity contribution < 1.29 is 26.8 Å². The van der Waals surface area contributed by atoms with Crippen LogP contribution < -0.4 is 0 Å². The minimum absolute atomic E-state index is 0.0469. The zero-order chi connectivity index (χ0) is 27.0. The van der Waals surface area contributed by atoms with Gasteiger partial charge in [0.2, 0.25) is 15.9 Å². The molecule has 3 aromatic rings. The molecule has 2 heterocycles. The van der Waals surface area contributed by atoms with Gasteiger partial charge in [0, 0.05) is 26.2 Å². The lowest BCUT2D eigenvalue weighted by molar-refractivity contribution is -0.133. The fourth-order valence-electron chi connectivity index (χ4n) is 4.38. The zero-order valence-corrected chi connectivity index (χ0v) is 22.4. The average Bonchev–Trinajstić information content (AvgIpc) is 3.33. The number of benzene rings is 2. The highest BCUT2D eigenvalue weighted by molar-refractivity contribution is 7.89. The van der Waals surface area contributed by atoms with Gasteiger partial charge in [-0.15, -0.1) is 0 Å². The summed E-state index contributed by atoms with van der Waals surface area (Å²) in [5.74, 6) is 0.476. The summed E-state index contributed by atoms with van der Waals surface area (Å²) in [7, 11) is -4.04. The molecule has 1 fully saturated rings. The van der Waals surface area contributed by atoms with Crippen LogP contribution in [-0.2, 0) is 32.6 Å². The van der Waals surface area contributed by atoms with E-state index in [9.17, 15) is 17.6 Å². The van der Waals surface area contributed by atoms with Crippen molar-refractivity contribution in [1.82, 2.24) is 14.1 Å². The average molecular weight is 544 g/mol. The van der Waals surface area contributed by atoms with E-state index in [1.807, 2.05) is 49.4 Å². The molecule has 0 spiro atoms. The highest BCUT2D eigenvalue weighted by Crippen LogP contribution is 2.19. The molecule has 10 heteroatoms. The van der Waals surface area contributed by atoms with Crippen LogP contribution in [0.15, 0.2) is 76.0 Å². The van der Waals surface area contributed by atoms with Crippen LogP contribution in [0.2, 0.25) is 0 Å². The molecule has 0 unspecified atom stereocenters.